The number of nitrogens with one attached hydrogen (secondary N) is 1. The molecule has 1 amide bonds. The van der Waals surface area contributed by atoms with Gasteiger partial charge in [0, 0.05) is 18.4 Å². The summed E-state index contributed by atoms with van der Waals surface area (Å²) in [4.78, 5) is 25.0. The number of hydrogen-bond donors (Lipinski definition) is 1. The lowest BCUT2D eigenvalue weighted by molar-refractivity contribution is -0.121. The first-order valence-electron chi connectivity index (χ1n) is 9.19. The van der Waals surface area contributed by atoms with E-state index in [4.69, 9.17) is 0 Å². The average molecular weight is 354 g/mol. The van der Waals surface area contributed by atoms with Gasteiger partial charge in [-0.2, -0.15) is 5.10 Å². The molecule has 3 aromatic rings. The predicted octanol–water partition coefficient (Wildman–Crippen LogP) is 2.68. The summed E-state index contributed by atoms with van der Waals surface area (Å²) < 4.78 is 3.19. The van der Waals surface area contributed by atoms with E-state index in [0.717, 1.165) is 28.7 Å². The maximum atomic E-state index is 12.9. The molecule has 1 N–H and O–H groups in total. The molecule has 0 aliphatic heterocycles. The van der Waals surface area contributed by atoms with Crippen molar-refractivity contribution >= 4 is 22.3 Å². The summed E-state index contributed by atoms with van der Waals surface area (Å²) in [7, 11) is 0. The van der Waals surface area contributed by atoms with Crippen LogP contribution in [0.4, 0.5) is 0 Å². The van der Waals surface area contributed by atoms with Gasteiger partial charge in [0.1, 0.15) is 17.9 Å². The molecule has 0 radical (unpaired) electrons. The minimum Gasteiger partial charge on any atom is -0.354 e. The summed E-state index contributed by atoms with van der Waals surface area (Å²) in [5.74, 6) is 1.11. The Bertz CT molecular complexity index is 1010. The monoisotopic (exact) mass is 354 g/mol. The molecule has 0 fully saturated rings. The summed E-state index contributed by atoms with van der Waals surface area (Å²) >= 11 is 0. The van der Waals surface area contributed by atoms with Gasteiger partial charge in [-0.25, -0.2) is 4.68 Å². The summed E-state index contributed by atoms with van der Waals surface area (Å²) in [5, 5.41) is 8.33. The number of fused-ring (bicyclic) bond motifs is 3. The largest absolute Gasteiger partial charge is 0.354 e. The molecule has 0 bridgehead atoms. The Kier molecular flexibility index (Phi) is 5.11. The summed E-state index contributed by atoms with van der Waals surface area (Å²) in [5.41, 5.74) is 2.44. The van der Waals surface area contributed by atoms with E-state index in [0.29, 0.717) is 24.4 Å². The molecular formula is C20H26N4O2. The molecule has 3 rings (SSSR count). The van der Waals surface area contributed by atoms with Gasteiger partial charge in [-0.3, -0.25) is 14.0 Å². The Morgan fingerprint density at radius 1 is 1.23 bits per heavy atom. The van der Waals surface area contributed by atoms with Crippen molar-refractivity contribution in [2.75, 3.05) is 6.54 Å². The first-order chi connectivity index (χ1) is 12.4. The van der Waals surface area contributed by atoms with E-state index in [1.165, 1.54) is 4.68 Å². The highest BCUT2D eigenvalue weighted by Gasteiger charge is 2.15. The average Bonchev–Trinajstić information content (AvgIpc) is 2.96. The third-order valence-corrected chi connectivity index (χ3v) is 4.56. The van der Waals surface area contributed by atoms with Crippen LogP contribution in [-0.4, -0.2) is 26.6 Å². The first kappa shape index (κ1) is 18.2. The van der Waals surface area contributed by atoms with E-state index in [-0.39, 0.29) is 18.0 Å². The van der Waals surface area contributed by atoms with Gasteiger partial charge in [0.25, 0.3) is 5.56 Å². The molecule has 6 nitrogen and oxygen atoms in total. The van der Waals surface area contributed by atoms with Gasteiger partial charge < -0.3 is 5.32 Å². The fourth-order valence-corrected chi connectivity index (χ4v) is 3.16. The standard InChI is InChI=1S/C20H26N4O2/c1-5-18-22-23(12-19(25)21-9-8-13(2)3)20(26)17-11-15-10-14(4)6-7-16(15)24(17)18/h6-7,10-11,13H,5,8-9,12H2,1-4H3,(H,21,25). The molecule has 0 aliphatic rings. The minimum absolute atomic E-state index is 0.0546. The van der Waals surface area contributed by atoms with Gasteiger partial charge in [0.15, 0.2) is 0 Å². The fraction of sp³-hybridized carbons (Fsp3) is 0.450. The number of rotatable bonds is 6. The zero-order chi connectivity index (χ0) is 18.8. The molecule has 0 saturated heterocycles. The van der Waals surface area contributed by atoms with Crippen LogP contribution in [0.2, 0.25) is 0 Å². The van der Waals surface area contributed by atoms with E-state index in [9.17, 15) is 9.59 Å². The highest BCUT2D eigenvalue weighted by Crippen LogP contribution is 2.21. The Labute approximate surface area is 152 Å². The fourth-order valence-electron chi connectivity index (χ4n) is 3.16. The molecule has 0 atom stereocenters. The Morgan fingerprint density at radius 3 is 2.69 bits per heavy atom. The normalized spacial score (nSPS) is 11.6. The Balaban J connectivity index is 1.99. The van der Waals surface area contributed by atoms with Gasteiger partial charge in [0.05, 0.1) is 5.52 Å². The van der Waals surface area contributed by atoms with E-state index >= 15 is 0 Å². The SMILES string of the molecule is CCc1nn(CC(=O)NCCC(C)C)c(=O)c2cc3cc(C)ccc3n12. The van der Waals surface area contributed by atoms with Crippen molar-refractivity contribution in [2.24, 2.45) is 5.92 Å². The highest BCUT2D eigenvalue weighted by atomic mass is 16.2. The van der Waals surface area contributed by atoms with Gasteiger partial charge in [-0.1, -0.05) is 32.4 Å². The smallest absolute Gasteiger partial charge is 0.291 e. The number of amides is 1. The zero-order valence-corrected chi connectivity index (χ0v) is 15.9. The number of carbonyl (C=O) groups excluding carboxylic acids is 1. The quantitative estimate of drug-likeness (QED) is 0.740. The topological polar surface area (TPSA) is 68.4 Å². The van der Waals surface area contributed by atoms with Crippen LogP contribution < -0.4 is 10.9 Å². The first-order valence-corrected chi connectivity index (χ1v) is 9.19. The molecule has 26 heavy (non-hydrogen) atoms. The number of benzene rings is 1. The molecule has 6 heteroatoms. The number of aryl methyl sites for hydroxylation is 2. The van der Waals surface area contributed by atoms with Crippen molar-refractivity contribution in [1.82, 2.24) is 19.5 Å². The second-order valence-corrected chi connectivity index (χ2v) is 7.19. The molecule has 138 valence electrons. The molecule has 0 spiro atoms. The summed E-state index contributed by atoms with van der Waals surface area (Å²) in [6.07, 6.45) is 1.58. The molecule has 0 aliphatic carbocycles. The maximum Gasteiger partial charge on any atom is 0.291 e. The predicted molar refractivity (Wildman–Crippen MR) is 104 cm³/mol. The Morgan fingerprint density at radius 2 is 2.00 bits per heavy atom. The van der Waals surface area contributed by atoms with Crippen molar-refractivity contribution in [1.29, 1.82) is 0 Å². The molecule has 0 saturated carbocycles. The van der Waals surface area contributed by atoms with E-state index in [2.05, 4.69) is 30.3 Å². The lowest BCUT2D eigenvalue weighted by Crippen LogP contribution is -2.35. The van der Waals surface area contributed by atoms with Crippen LogP contribution in [-0.2, 0) is 17.8 Å². The molecular weight excluding hydrogens is 328 g/mol. The van der Waals surface area contributed by atoms with Crippen LogP contribution in [0.1, 0.15) is 38.6 Å². The number of hydrogen-bond acceptors (Lipinski definition) is 3. The number of nitrogens with zero attached hydrogens (tertiary/aromatic N) is 3. The van der Waals surface area contributed by atoms with Crippen LogP contribution in [0.15, 0.2) is 29.1 Å². The van der Waals surface area contributed by atoms with Crippen molar-refractivity contribution in [3.05, 3.63) is 46.0 Å². The van der Waals surface area contributed by atoms with Crippen LogP contribution in [0.5, 0.6) is 0 Å². The number of carbonyl (C=O) groups is 1. The second kappa shape index (κ2) is 7.32. The summed E-state index contributed by atoms with van der Waals surface area (Å²) in [6.45, 7) is 8.81. The molecule has 2 heterocycles. The molecule has 2 aromatic heterocycles. The van der Waals surface area contributed by atoms with Gasteiger partial charge in [-0.05, 0) is 37.5 Å². The third kappa shape index (κ3) is 3.49. The van der Waals surface area contributed by atoms with Gasteiger partial charge in [0.2, 0.25) is 5.91 Å². The van der Waals surface area contributed by atoms with E-state index in [1.54, 1.807) is 0 Å². The minimum atomic E-state index is -0.241. The van der Waals surface area contributed by atoms with Crippen LogP contribution in [0.3, 0.4) is 0 Å². The van der Waals surface area contributed by atoms with E-state index in [1.807, 2.05) is 36.4 Å². The third-order valence-electron chi connectivity index (χ3n) is 4.56. The van der Waals surface area contributed by atoms with Crippen molar-refractivity contribution in [3.8, 4) is 0 Å². The lowest BCUT2D eigenvalue weighted by atomic mass is 10.1. The van der Waals surface area contributed by atoms with Crippen molar-refractivity contribution in [2.45, 2.75) is 47.1 Å². The summed E-state index contributed by atoms with van der Waals surface area (Å²) in [6, 6.07) is 7.99. The van der Waals surface area contributed by atoms with Crippen LogP contribution in [0.25, 0.3) is 16.4 Å². The maximum absolute atomic E-state index is 12.9. The zero-order valence-electron chi connectivity index (χ0n) is 15.9. The highest BCUT2D eigenvalue weighted by molar-refractivity contribution is 5.87. The second-order valence-electron chi connectivity index (χ2n) is 7.19. The molecule has 0 unspecified atom stereocenters. The molecule has 1 aromatic carbocycles. The van der Waals surface area contributed by atoms with Crippen molar-refractivity contribution < 1.29 is 4.79 Å². The number of aromatic nitrogens is 3. The van der Waals surface area contributed by atoms with Gasteiger partial charge >= 0.3 is 0 Å². The van der Waals surface area contributed by atoms with E-state index < -0.39 is 0 Å². The van der Waals surface area contributed by atoms with Crippen LogP contribution >= 0.6 is 0 Å². The lowest BCUT2D eigenvalue weighted by Gasteiger charge is -2.11. The van der Waals surface area contributed by atoms with Crippen molar-refractivity contribution in [3.63, 3.8) is 0 Å². The van der Waals surface area contributed by atoms with Crippen LogP contribution in [0, 0.1) is 12.8 Å². The Hall–Kier alpha value is -2.63. The van der Waals surface area contributed by atoms with Gasteiger partial charge in [-0.15, -0.1) is 0 Å².